The third kappa shape index (κ3) is 2.80. The first-order valence-electron chi connectivity index (χ1n) is 8.57. The number of hydrogen-bond acceptors (Lipinski definition) is 7. The standard InChI is InChI=1S/C19H21N5O2/c1-10-5-13-16(6-11(10)2)26-18(20)14(17(13)25)9-24-4-3-15-12(8-24)7-22-19(21)23-15/h5-7H,3-4,8-9,20H2,1-2H3,(H2,21,22,23). The van der Waals surface area contributed by atoms with Crippen LogP contribution in [-0.2, 0) is 19.5 Å². The van der Waals surface area contributed by atoms with E-state index in [0.717, 1.165) is 35.3 Å². The van der Waals surface area contributed by atoms with Crippen molar-refractivity contribution in [1.82, 2.24) is 14.9 Å². The average Bonchev–Trinajstić information content (AvgIpc) is 2.61. The van der Waals surface area contributed by atoms with E-state index in [-0.39, 0.29) is 11.3 Å². The number of anilines is 2. The lowest BCUT2D eigenvalue weighted by Gasteiger charge is -2.27. The Hall–Kier alpha value is -2.93. The molecule has 0 radical (unpaired) electrons. The van der Waals surface area contributed by atoms with Crippen LogP contribution in [0, 0.1) is 13.8 Å². The van der Waals surface area contributed by atoms with Gasteiger partial charge in [0.25, 0.3) is 0 Å². The van der Waals surface area contributed by atoms with Gasteiger partial charge in [-0.2, -0.15) is 0 Å². The molecule has 0 amide bonds. The molecule has 0 spiro atoms. The smallest absolute Gasteiger partial charge is 0.220 e. The lowest BCUT2D eigenvalue weighted by Crippen LogP contribution is -2.33. The Morgan fingerprint density at radius 1 is 1.23 bits per heavy atom. The number of fused-ring (bicyclic) bond motifs is 2. The van der Waals surface area contributed by atoms with Gasteiger partial charge >= 0.3 is 0 Å². The second-order valence-electron chi connectivity index (χ2n) is 6.87. The average molecular weight is 351 g/mol. The SMILES string of the molecule is Cc1cc2oc(N)c(CN3CCc4nc(N)ncc4C3)c(=O)c2cc1C. The highest BCUT2D eigenvalue weighted by atomic mass is 16.3. The molecule has 0 unspecified atom stereocenters. The molecule has 7 heteroatoms. The van der Waals surface area contributed by atoms with Gasteiger partial charge in [-0.1, -0.05) is 0 Å². The van der Waals surface area contributed by atoms with E-state index in [2.05, 4.69) is 14.9 Å². The Kier molecular flexibility index (Phi) is 3.88. The molecule has 0 bridgehead atoms. The summed E-state index contributed by atoms with van der Waals surface area (Å²) >= 11 is 0. The molecule has 7 nitrogen and oxygen atoms in total. The highest BCUT2D eigenvalue weighted by Crippen LogP contribution is 2.24. The van der Waals surface area contributed by atoms with Crippen molar-refractivity contribution in [3.8, 4) is 0 Å². The van der Waals surface area contributed by atoms with E-state index in [4.69, 9.17) is 15.9 Å². The summed E-state index contributed by atoms with van der Waals surface area (Å²) in [6.45, 7) is 5.82. The van der Waals surface area contributed by atoms with Gasteiger partial charge in [0.05, 0.1) is 16.6 Å². The summed E-state index contributed by atoms with van der Waals surface area (Å²) in [6, 6.07) is 3.74. The zero-order valence-corrected chi connectivity index (χ0v) is 14.9. The van der Waals surface area contributed by atoms with Crippen molar-refractivity contribution in [3.05, 3.63) is 56.5 Å². The minimum absolute atomic E-state index is 0.0637. The largest absolute Gasteiger partial charge is 0.440 e. The molecule has 2 aromatic heterocycles. The van der Waals surface area contributed by atoms with Crippen molar-refractivity contribution in [2.24, 2.45) is 0 Å². The molecule has 0 atom stereocenters. The number of aryl methyl sites for hydroxylation is 2. The minimum Gasteiger partial charge on any atom is -0.440 e. The molecule has 0 saturated heterocycles. The molecule has 3 aromatic rings. The molecule has 1 aromatic carbocycles. The number of hydrogen-bond donors (Lipinski definition) is 2. The van der Waals surface area contributed by atoms with Gasteiger partial charge < -0.3 is 15.9 Å². The van der Waals surface area contributed by atoms with Gasteiger partial charge in [-0.25, -0.2) is 9.97 Å². The van der Waals surface area contributed by atoms with Crippen LogP contribution >= 0.6 is 0 Å². The minimum atomic E-state index is -0.0637. The van der Waals surface area contributed by atoms with Crippen molar-refractivity contribution >= 4 is 22.8 Å². The molecule has 1 aliphatic heterocycles. The summed E-state index contributed by atoms with van der Waals surface area (Å²) in [5.74, 6) is 0.479. The van der Waals surface area contributed by atoms with Crippen molar-refractivity contribution < 1.29 is 4.42 Å². The van der Waals surface area contributed by atoms with Gasteiger partial charge in [-0.15, -0.1) is 0 Å². The van der Waals surface area contributed by atoms with Crippen LogP contribution < -0.4 is 16.9 Å². The number of nitrogens with two attached hydrogens (primary N) is 2. The van der Waals surface area contributed by atoms with E-state index in [1.54, 1.807) is 6.20 Å². The van der Waals surface area contributed by atoms with E-state index >= 15 is 0 Å². The van der Waals surface area contributed by atoms with Crippen molar-refractivity contribution in [2.75, 3.05) is 18.0 Å². The molecule has 4 N–H and O–H groups in total. The van der Waals surface area contributed by atoms with E-state index in [1.807, 2.05) is 26.0 Å². The molecule has 134 valence electrons. The highest BCUT2D eigenvalue weighted by molar-refractivity contribution is 5.80. The maximum atomic E-state index is 13.0. The fraction of sp³-hybridized carbons (Fsp3) is 0.316. The summed E-state index contributed by atoms with van der Waals surface area (Å²) in [5.41, 5.74) is 16.8. The van der Waals surface area contributed by atoms with Crippen molar-refractivity contribution in [2.45, 2.75) is 33.4 Å². The lowest BCUT2D eigenvalue weighted by molar-refractivity contribution is 0.241. The van der Waals surface area contributed by atoms with Crippen LogP contribution in [0.5, 0.6) is 0 Å². The number of aromatic nitrogens is 2. The molecule has 0 fully saturated rings. The Bertz CT molecular complexity index is 1070. The van der Waals surface area contributed by atoms with Crippen LogP contribution in [0.4, 0.5) is 11.8 Å². The molecular weight excluding hydrogens is 330 g/mol. The van der Waals surface area contributed by atoms with Crippen LogP contribution in [0.25, 0.3) is 11.0 Å². The first kappa shape index (κ1) is 16.5. The molecule has 3 heterocycles. The zero-order chi connectivity index (χ0) is 18.4. The van der Waals surface area contributed by atoms with Gasteiger partial charge in [0.2, 0.25) is 5.95 Å². The monoisotopic (exact) mass is 351 g/mol. The summed E-state index contributed by atoms with van der Waals surface area (Å²) in [5, 5.41) is 0.575. The van der Waals surface area contributed by atoms with Gasteiger partial charge in [0, 0.05) is 37.8 Å². The molecule has 1 aliphatic rings. The second kappa shape index (κ2) is 6.10. The number of nitrogen functional groups attached to an aromatic ring is 2. The molecule has 4 rings (SSSR count). The van der Waals surface area contributed by atoms with Gasteiger partial charge in [0.1, 0.15) is 5.58 Å². The molecule has 0 saturated carbocycles. The summed E-state index contributed by atoms with van der Waals surface area (Å²) < 4.78 is 5.75. The van der Waals surface area contributed by atoms with E-state index in [9.17, 15) is 4.79 Å². The third-order valence-corrected chi connectivity index (χ3v) is 5.05. The molecular formula is C19H21N5O2. The van der Waals surface area contributed by atoms with Crippen molar-refractivity contribution in [3.63, 3.8) is 0 Å². The van der Waals surface area contributed by atoms with Crippen molar-refractivity contribution in [1.29, 1.82) is 0 Å². The van der Waals surface area contributed by atoms with E-state index in [0.29, 0.717) is 35.6 Å². The van der Waals surface area contributed by atoms with Gasteiger partial charge in [-0.3, -0.25) is 9.69 Å². The topological polar surface area (TPSA) is 111 Å². The Morgan fingerprint density at radius 3 is 2.81 bits per heavy atom. The predicted octanol–water partition coefficient (Wildman–Crippen LogP) is 1.92. The fourth-order valence-electron chi connectivity index (χ4n) is 3.40. The highest BCUT2D eigenvalue weighted by Gasteiger charge is 2.21. The Balaban J connectivity index is 1.68. The fourth-order valence-corrected chi connectivity index (χ4v) is 3.40. The van der Waals surface area contributed by atoms with Crippen LogP contribution in [0.15, 0.2) is 27.5 Å². The first-order valence-corrected chi connectivity index (χ1v) is 8.57. The number of nitrogens with zero attached hydrogens (tertiary/aromatic N) is 3. The first-order chi connectivity index (χ1) is 12.4. The van der Waals surface area contributed by atoms with Crippen LogP contribution in [0.2, 0.25) is 0 Å². The third-order valence-electron chi connectivity index (χ3n) is 5.05. The lowest BCUT2D eigenvalue weighted by atomic mass is 10.0. The Labute approximate surface area is 150 Å². The second-order valence-corrected chi connectivity index (χ2v) is 6.87. The quantitative estimate of drug-likeness (QED) is 0.725. The van der Waals surface area contributed by atoms with Crippen LogP contribution in [-0.4, -0.2) is 21.4 Å². The zero-order valence-electron chi connectivity index (χ0n) is 14.9. The maximum absolute atomic E-state index is 13.0. The predicted molar refractivity (Wildman–Crippen MR) is 101 cm³/mol. The van der Waals surface area contributed by atoms with Gasteiger partial charge in [0.15, 0.2) is 11.3 Å². The van der Waals surface area contributed by atoms with Crippen LogP contribution in [0.1, 0.15) is 27.9 Å². The number of benzene rings is 1. The maximum Gasteiger partial charge on any atom is 0.220 e. The summed E-state index contributed by atoms with van der Waals surface area (Å²) in [7, 11) is 0. The normalized spacial score (nSPS) is 14.5. The summed E-state index contributed by atoms with van der Waals surface area (Å²) in [6.07, 6.45) is 2.52. The molecule has 0 aliphatic carbocycles. The van der Waals surface area contributed by atoms with E-state index in [1.165, 1.54) is 0 Å². The number of rotatable bonds is 2. The Morgan fingerprint density at radius 2 is 2.00 bits per heavy atom. The van der Waals surface area contributed by atoms with Gasteiger partial charge in [-0.05, 0) is 37.1 Å². The van der Waals surface area contributed by atoms with E-state index < -0.39 is 0 Å². The van der Waals surface area contributed by atoms with Crippen LogP contribution in [0.3, 0.4) is 0 Å². The molecule has 26 heavy (non-hydrogen) atoms. The summed E-state index contributed by atoms with van der Waals surface area (Å²) in [4.78, 5) is 23.5.